The zero-order valence-electron chi connectivity index (χ0n) is 12.9. The highest BCUT2D eigenvalue weighted by Crippen LogP contribution is 2.10. The van der Waals surface area contributed by atoms with Crippen LogP contribution in [0.1, 0.15) is 31.4 Å². The van der Waals surface area contributed by atoms with Crippen molar-refractivity contribution in [3.05, 3.63) is 35.1 Å². The average Bonchev–Trinajstić information content (AvgIpc) is 2.38. The minimum atomic E-state index is -0.518. The van der Waals surface area contributed by atoms with Crippen molar-refractivity contribution in [2.45, 2.75) is 39.7 Å². The molecule has 1 rings (SSSR count). The van der Waals surface area contributed by atoms with Crippen LogP contribution in [0.25, 0.3) is 0 Å². The SMILES string of the molecule is Cc1cc(F)ccc1CCNC(=O)NCC(O)CC(C)C. The first-order valence-electron chi connectivity index (χ1n) is 7.33. The Morgan fingerprint density at radius 1 is 1.33 bits per heavy atom. The Kier molecular flexibility index (Phi) is 7.15. The molecular weight excluding hydrogens is 271 g/mol. The predicted molar refractivity (Wildman–Crippen MR) is 81.7 cm³/mol. The van der Waals surface area contributed by atoms with Gasteiger partial charge in [0.25, 0.3) is 0 Å². The number of hydrogen-bond acceptors (Lipinski definition) is 2. The lowest BCUT2D eigenvalue weighted by atomic mass is 10.1. The Morgan fingerprint density at radius 3 is 2.67 bits per heavy atom. The number of rotatable bonds is 7. The molecule has 0 saturated heterocycles. The fourth-order valence-electron chi connectivity index (χ4n) is 2.15. The van der Waals surface area contributed by atoms with E-state index in [1.54, 1.807) is 6.07 Å². The maximum Gasteiger partial charge on any atom is 0.314 e. The van der Waals surface area contributed by atoms with Crippen molar-refractivity contribution in [1.82, 2.24) is 10.6 Å². The van der Waals surface area contributed by atoms with Gasteiger partial charge in [-0.25, -0.2) is 9.18 Å². The lowest BCUT2D eigenvalue weighted by Gasteiger charge is -2.14. The van der Waals surface area contributed by atoms with Gasteiger partial charge < -0.3 is 15.7 Å². The quantitative estimate of drug-likeness (QED) is 0.723. The van der Waals surface area contributed by atoms with Gasteiger partial charge in [0.2, 0.25) is 0 Å². The van der Waals surface area contributed by atoms with E-state index in [4.69, 9.17) is 0 Å². The van der Waals surface area contributed by atoms with Crippen LogP contribution in [0.2, 0.25) is 0 Å². The molecule has 0 spiro atoms. The van der Waals surface area contributed by atoms with E-state index < -0.39 is 6.10 Å². The molecule has 0 bridgehead atoms. The summed E-state index contributed by atoms with van der Waals surface area (Å²) in [6.45, 7) is 6.61. The second-order valence-corrected chi connectivity index (χ2v) is 5.74. The molecule has 1 aromatic carbocycles. The number of aliphatic hydroxyl groups excluding tert-OH is 1. The largest absolute Gasteiger partial charge is 0.391 e. The minimum Gasteiger partial charge on any atom is -0.391 e. The number of urea groups is 1. The Morgan fingerprint density at radius 2 is 2.05 bits per heavy atom. The molecule has 0 heterocycles. The predicted octanol–water partition coefficient (Wildman–Crippen LogP) is 2.38. The smallest absolute Gasteiger partial charge is 0.314 e. The first-order chi connectivity index (χ1) is 9.88. The van der Waals surface area contributed by atoms with Crippen molar-refractivity contribution in [1.29, 1.82) is 0 Å². The maximum atomic E-state index is 13.0. The van der Waals surface area contributed by atoms with E-state index in [9.17, 15) is 14.3 Å². The van der Waals surface area contributed by atoms with E-state index in [0.717, 1.165) is 11.1 Å². The van der Waals surface area contributed by atoms with Gasteiger partial charge in [0.05, 0.1) is 6.10 Å². The zero-order chi connectivity index (χ0) is 15.8. The molecule has 0 aliphatic rings. The molecule has 118 valence electrons. The van der Waals surface area contributed by atoms with Crippen molar-refractivity contribution in [2.75, 3.05) is 13.1 Å². The number of nitrogens with one attached hydrogen (secondary N) is 2. The molecule has 0 aliphatic heterocycles. The van der Waals surface area contributed by atoms with Crippen molar-refractivity contribution in [3.8, 4) is 0 Å². The number of aryl methyl sites for hydroxylation is 1. The highest BCUT2D eigenvalue weighted by molar-refractivity contribution is 5.73. The van der Waals surface area contributed by atoms with E-state index >= 15 is 0 Å². The second kappa shape index (κ2) is 8.62. The van der Waals surface area contributed by atoms with Gasteiger partial charge >= 0.3 is 6.03 Å². The summed E-state index contributed by atoms with van der Waals surface area (Å²) in [6.07, 6.45) is 0.790. The summed E-state index contributed by atoms with van der Waals surface area (Å²) in [5.74, 6) is 0.146. The van der Waals surface area contributed by atoms with Gasteiger partial charge in [-0.15, -0.1) is 0 Å². The highest BCUT2D eigenvalue weighted by atomic mass is 19.1. The van der Waals surface area contributed by atoms with Crippen molar-refractivity contribution >= 4 is 6.03 Å². The van der Waals surface area contributed by atoms with E-state index in [1.165, 1.54) is 12.1 Å². The fourth-order valence-corrected chi connectivity index (χ4v) is 2.15. The standard InChI is InChI=1S/C16H25FN2O2/c1-11(2)8-15(20)10-19-16(21)18-7-6-13-4-5-14(17)9-12(13)3/h4-5,9,11,15,20H,6-8,10H2,1-3H3,(H2,18,19,21). The molecule has 0 radical (unpaired) electrons. The third kappa shape index (κ3) is 7.09. The molecule has 3 N–H and O–H groups in total. The summed E-state index contributed by atoms with van der Waals surface area (Å²) in [5.41, 5.74) is 1.89. The molecule has 0 fully saturated rings. The van der Waals surface area contributed by atoms with Crippen molar-refractivity contribution in [2.24, 2.45) is 5.92 Å². The molecule has 5 heteroatoms. The Balaban J connectivity index is 2.24. The summed E-state index contributed by atoms with van der Waals surface area (Å²) >= 11 is 0. The maximum absolute atomic E-state index is 13.0. The van der Waals surface area contributed by atoms with Crippen LogP contribution < -0.4 is 10.6 Å². The fraction of sp³-hybridized carbons (Fsp3) is 0.562. The van der Waals surface area contributed by atoms with Gasteiger partial charge in [-0.1, -0.05) is 19.9 Å². The van der Waals surface area contributed by atoms with Gasteiger partial charge in [0.1, 0.15) is 5.82 Å². The number of hydrogen-bond donors (Lipinski definition) is 3. The lowest BCUT2D eigenvalue weighted by molar-refractivity contribution is 0.147. The number of aliphatic hydroxyl groups is 1. The normalized spacial score (nSPS) is 12.3. The third-order valence-electron chi connectivity index (χ3n) is 3.23. The van der Waals surface area contributed by atoms with E-state index in [2.05, 4.69) is 10.6 Å². The second-order valence-electron chi connectivity index (χ2n) is 5.74. The molecule has 21 heavy (non-hydrogen) atoms. The van der Waals surface area contributed by atoms with Crippen LogP contribution in [-0.2, 0) is 6.42 Å². The molecule has 1 atom stereocenters. The average molecular weight is 296 g/mol. The number of amides is 2. The van der Waals surface area contributed by atoms with E-state index in [-0.39, 0.29) is 18.4 Å². The van der Waals surface area contributed by atoms with Crippen LogP contribution in [-0.4, -0.2) is 30.3 Å². The molecule has 2 amide bonds. The van der Waals surface area contributed by atoms with Crippen LogP contribution in [0.3, 0.4) is 0 Å². The van der Waals surface area contributed by atoms with E-state index in [1.807, 2.05) is 20.8 Å². The number of carbonyl (C=O) groups excluding carboxylic acids is 1. The first-order valence-corrected chi connectivity index (χ1v) is 7.33. The number of benzene rings is 1. The van der Waals surface area contributed by atoms with Crippen molar-refractivity contribution in [3.63, 3.8) is 0 Å². The van der Waals surface area contributed by atoms with Gasteiger partial charge in [-0.05, 0) is 48.9 Å². The van der Waals surface area contributed by atoms with Gasteiger partial charge in [-0.2, -0.15) is 0 Å². The number of carbonyl (C=O) groups is 1. The summed E-state index contributed by atoms with van der Waals surface area (Å²) in [7, 11) is 0. The van der Waals surface area contributed by atoms with Crippen LogP contribution in [0.4, 0.5) is 9.18 Å². The van der Waals surface area contributed by atoms with E-state index in [0.29, 0.717) is 25.3 Å². The summed E-state index contributed by atoms with van der Waals surface area (Å²) < 4.78 is 13.0. The van der Waals surface area contributed by atoms with Crippen LogP contribution in [0, 0.1) is 18.7 Å². The molecule has 1 aromatic rings. The van der Waals surface area contributed by atoms with Gasteiger partial charge in [0, 0.05) is 13.1 Å². The highest BCUT2D eigenvalue weighted by Gasteiger charge is 2.08. The molecule has 0 aromatic heterocycles. The lowest BCUT2D eigenvalue weighted by Crippen LogP contribution is -2.40. The number of halogens is 1. The summed E-state index contributed by atoms with van der Waals surface area (Å²) in [6, 6.07) is 4.34. The monoisotopic (exact) mass is 296 g/mol. The molecule has 0 aliphatic carbocycles. The third-order valence-corrected chi connectivity index (χ3v) is 3.23. The topological polar surface area (TPSA) is 61.4 Å². The summed E-state index contributed by atoms with van der Waals surface area (Å²) in [5, 5.41) is 15.0. The molecule has 1 unspecified atom stereocenters. The summed E-state index contributed by atoms with van der Waals surface area (Å²) in [4.78, 5) is 11.6. The van der Waals surface area contributed by atoms with Crippen LogP contribution >= 0.6 is 0 Å². The van der Waals surface area contributed by atoms with Gasteiger partial charge in [-0.3, -0.25) is 0 Å². The zero-order valence-corrected chi connectivity index (χ0v) is 12.9. The van der Waals surface area contributed by atoms with Crippen LogP contribution in [0.5, 0.6) is 0 Å². The Bertz CT molecular complexity index is 464. The first kappa shape index (κ1) is 17.4. The molecular formula is C16H25FN2O2. The van der Waals surface area contributed by atoms with Crippen LogP contribution in [0.15, 0.2) is 18.2 Å². The Labute approximate surface area is 125 Å². The Hall–Kier alpha value is -1.62. The molecule has 0 saturated carbocycles. The molecule has 4 nitrogen and oxygen atoms in total. The minimum absolute atomic E-state index is 0.249. The van der Waals surface area contributed by atoms with Gasteiger partial charge in [0.15, 0.2) is 0 Å². The van der Waals surface area contributed by atoms with Crippen molar-refractivity contribution < 1.29 is 14.3 Å².